The molecule has 3 aromatic rings. The lowest BCUT2D eigenvalue weighted by atomic mass is 10.0. The Balaban J connectivity index is 1.96. The molecule has 0 aliphatic rings. The number of carbonyl (C=O) groups excluding carboxylic acids is 2. The van der Waals surface area contributed by atoms with Crippen LogP contribution in [0.2, 0.25) is 15.1 Å². The Bertz CT molecular complexity index is 1200. The monoisotopic (exact) mass is 546 g/mol. The van der Waals surface area contributed by atoms with Crippen molar-refractivity contribution in [2.24, 2.45) is 0 Å². The van der Waals surface area contributed by atoms with E-state index in [1.54, 1.807) is 42.5 Å². The van der Waals surface area contributed by atoms with Crippen molar-refractivity contribution in [2.45, 2.75) is 45.3 Å². The van der Waals surface area contributed by atoms with Crippen molar-refractivity contribution >= 4 is 46.6 Å². The molecule has 190 valence electrons. The molecule has 0 saturated carbocycles. The molecule has 0 spiro atoms. The Hall–Kier alpha value is -2.73. The summed E-state index contributed by atoms with van der Waals surface area (Å²) in [5.74, 6) is -0.183. The standard InChI is InChI=1S/C28H29Cl3N2O3/c1-28(2,3)32-27(35)25(14-19-8-5-4-6-9-19)33(17-20-12-13-22(30)16-24(20)31)26(34)18-36-23-11-7-10-21(29)15-23/h4-13,15-16,25H,14,17-18H2,1-3H3,(H,32,35). The molecule has 1 N–H and O–H groups in total. The van der Waals surface area contributed by atoms with Gasteiger partial charge in [0.25, 0.3) is 5.91 Å². The maximum Gasteiger partial charge on any atom is 0.261 e. The van der Waals surface area contributed by atoms with E-state index in [0.717, 1.165) is 5.56 Å². The fraction of sp³-hybridized carbons (Fsp3) is 0.286. The molecule has 0 aromatic heterocycles. The van der Waals surface area contributed by atoms with Crippen LogP contribution in [0.15, 0.2) is 72.8 Å². The summed E-state index contributed by atoms with van der Waals surface area (Å²) in [6.45, 7) is 5.52. The third-order valence-electron chi connectivity index (χ3n) is 5.28. The lowest BCUT2D eigenvalue weighted by molar-refractivity contribution is -0.143. The van der Waals surface area contributed by atoms with E-state index in [4.69, 9.17) is 39.5 Å². The molecule has 0 radical (unpaired) electrons. The topological polar surface area (TPSA) is 58.6 Å². The van der Waals surface area contributed by atoms with Gasteiger partial charge in [-0.15, -0.1) is 0 Å². The zero-order valence-electron chi connectivity index (χ0n) is 20.4. The summed E-state index contributed by atoms with van der Waals surface area (Å²) in [5.41, 5.74) is 1.09. The lowest BCUT2D eigenvalue weighted by Gasteiger charge is -2.34. The lowest BCUT2D eigenvalue weighted by Crippen LogP contribution is -2.55. The van der Waals surface area contributed by atoms with Crippen molar-refractivity contribution in [3.63, 3.8) is 0 Å². The summed E-state index contributed by atoms with van der Waals surface area (Å²) < 4.78 is 5.74. The molecule has 8 heteroatoms. The van der Waals surface area contributed by atoms with E-state index in [1.807, 2.05) is 51.1 Å². The number of nitrogens with zero attached hydrogens (tertiary/aromatic N) is 1. The number of rotatable bonds is 9. The number of ether oxygens (including phenoxy) is 1. The highest BCUT2D eigenvalue weighted by Crippen LogP contribution is 2.25. The van der Waals surface area contributed by atoms with Crippen molar-refractivity contribution in [1.82, 2.24) is 10.2 Å². The molecule has 1 unspecified atom stereocenters. The van der Waals surface area contributed by atoms with Gasteiger partial charge >= 0.3 is 0 Å². The molecular weight excluding hydrogens is 519 g/mol. The maximum atomic E-state index is 13.6. The Kier molecular flexibility index (Phi) is 9.66. The minimum absolute atomic E-state index is 0.100. The summed E-state index contributed by atoms with van der Waals surface area (Å²) in [4.78, 5) is 28.7. The van der Waals surface area contributed by atoms with E-state index < -0.39 is 11.6 Å². The molecule has 3 rings (SSSR count). The van der Waals surface area contributed by atoms with Gasteiger partial charge in [0.15, 0.2) is 6.61 Å². The van der Waals surface area contributed by atoms with Crippen LogP contribution >= 0.6 is 34.8 Å². The Morgan fingerprint density at radius 1 is 0.917 bits per heavy atom. The van der Waals surface area contributed by atoms with Gasteiger partial charge < -0.3 is 15.0 Å². The first kappa shape index (κ1) is 27.9. The van der Waals surface area contributed by atoms with Gasteiger partial charge in [0.1, 0.15) is 11.8 Å². The second kappa shape index (κ2) is 12.5. The normalized spacial score (nSPS) is 12.1. The molecule has 0 saturated heterocycles. The first-order chi connectivity index (χ1) is 17.0. The van der Waals surface area contributed by atoms with Crippen LogP contribution in [0, 0.1) is 0 Å². The van der Waals surface area contributed by atoms with Crippen molar-refractivity contribution in [2.75, 3.05) is 6.61 Å². The number of amides is 2. The first-order valence-corrected chi connectivity index (χ1v) is 12.6. The molecule has 2 amide bonds. The highest BCUT2D eigenvalue weighted by Gasteiger charge is 2.32. The molecular formula is C28H29Cl3N2O3. The van der Waals surface area contributed by atoms with Crippen molar-refractivity contribution in [1.29, 1.82) is 0 Å². The maximum absolute atomic E-state index is 13.6. The first-order valence-electron chi connectivity index (χ1n) is 11.5. The van der Waals surface area contributed by atoms with Crippen molar-refractivity contribution < 1.29 is 14.3 Å². The van der Waals surface area contributed by atoms with Crippen LogP contribution in [-0.4, -0.2) is 34.9 Å². The summed E-state index contributed by atoms with van der Waals surface area (Å²) in [6.07, 6.45) is 0.316. The van der Waals surface area contributed by atoms with Gasteiger partial charge in [-0.1, -0.05) is 77.3 Å². The van der Waals surface area contributed by atoms with Crippen LogP contribution in [0.25, 0.3) is 0 Å². The second-order valence-electron chi connectivity index (χ2n) is 9.45. The smallest absolute Gasteiger partial charge is 0.261 e. The number of hydrogen-bond acceptors (Lipinski definition) is 3. The number of benzene rings is 3. The predicted octanol–water partition coefficient (Wildman–Crippen LogP) is 6.58. The highest BCUT2D eigenvalue weighted by atomic mass is 35.5. The minimum Gasteiger partial charge on any atom is -0.484 e. The van der Waals surface area contributed by atoms with Crippen LogP contribution in [-0.2, 0) is 22.6 Å². The van der Waals surface area contributed by atoms with Crippen LogP contribution in [0.5, 0.6) is 5.75 Å². The molecule has 0 aliphatic heterocycles. The van der Waals surface area contributed by atoms with Crippen LogP contribution in [0.4, 0.5) is 0 Å². The molecule has 36 heavy (non-hydrogen) atoms. The van der Waals surface area contributed by atoms with E-state index in [1.165, 1.54) is 4.90 Å². The fourth-order valence-electron chi connectivity index (χ4n) is 3.63. The Morgan fingerprint density at radius 3 is 2.25 bits per heavy atom. The summed E-state index contributed by atoms with van der Waals surface area (Å²) in [6, 6.07) is 20.6. The van der Waals surface area contributed by atoms with E-state index in [-0.39, 0.29) is 25.0 Å². The average Bonchev–Trinajstić information content (AvgIpc) is 2.80. The van der Waals surface area contributed by atoms with Crippen LogP contribution in [0.1, 0.15) is 31.9 Å². The number of halogens is 3. The third kappa shape index (κ3) is 8.44. The minimum atomic E-state index is -0.811. The van der Waals surface area contributed by atoms with Gasteiger partial charge in [-0.05, 0) is 62.2 Å². The summed E-state index contributed by atoms with van der Waals surface area (Å²) >= 11 is 18.6. The highest BCUT2D eigenvalue weighted by molar-refractivity contribution is 6.35. The van der Waals surface area contributed by atoms with Gasteiger partial charge in [0.2, 0.25) is 5.91 Å². The van der Waals surface area contributed by atoms with E-state index in [0.29, 0.717) is 32.8 Å². The molecule has 0 bridgehead atoms. The number of hydrogen-bond donors (Lipinski definition) is 1. The van der Waals surface area contributed by atoms with Crippen molar-refractivity contribution in [3.8, 4) is 5.75 Å². The zero-order valence-corrected chi connectivity index (χ0v) is 22.7. The quantitative estimate of drug-likeness (QED) is 0.329. The molecule has 0 aliphatic carbocycles. The number of nitrogens with one attached hydrogen (secondary N) is 1. The summed E-state index contributed by atoms with van der Waals surface area (Å²) in [7, 11) is 0. The molecule has 1 atom stereocenters. The zero-order chi connectivity index (χ0) is 26.3. The largest absolute Gasteiger partial charge is 0.484 e. The number of carbonyl (C=O) groups is 2. The molecule has 3 aromatic carbocycles. The average molecular weight is 548 g/mol. The fourth-order valence-corrected chi connectivity index (χ4v) is 4.27. The Morgan fingerprint density at radius 2 is 1.61 bits per heavy atom. The molecule has 0 heterocycles. The van der Waals surface area contributed by atoms with E-state index in [9.17, 15) is 9.59 Å². The predicted molar refractivity (Wildman–Crippen MR) is 146 cm³/mol. The van der Waals surface area contributed by atoms with Crippen LogP contribution in [0.3, 0.4) is 0 Å². The van der Waals surface area contributed by atoms with Crippen LogP contribution < -0.4 is 10.1 Å². The van der Waals surface area contributed by atoms with Gasteiger partial charge in [-0.3, -0.25) is 9.59 Å². The van der Waals surface area contributed by atoms with Crippen molar-refractivity contribution in [3.05, 3.63) is 99.0 Å². The molecule has 5 nitrogen and oxygen atoms in total. The van der Waals surface area contributed by atoms with E-state index >= 15 is 0 Å². The summed E-state index contributed by atoms with van der Waals surface area (Å²) in [5, 5.41) is 4.41. The third-order valence-corrected chi connectivity index (χ3v) is 6.11. The van der Waals surface area contributed by atoms with E-state index in [2.05, 4.69) is 5.32 Å². The van der Waals surface area contributed by atoms with Gasteiger partial charge in [0.05, 0.1) is 0 Å². The molecule has 0 fully saturated rings. The Labute approximate surface area is 227 Å². The van der Waals surface area contributed by atoms with Gasteiger partial charge in [0, 0.05) is 33.6 Å². The second-order valence-corrected chi connectivity index (χ2v) is 10.7. The SMILES string of the molecule is CC(C)(C)NC(=O)C(Cc1ccccc1)N(Cc1ccc(Cl)cc1Cl)C(=O)COc1cccc(Cl)c1. The van der Waals surface area contributed by atoms with Gasteiger partial charge in [-0.2, -0.15) is 0 Å². The van der Waals surface area contributed by atoms with Gasteiger partial charge in [-0.25, -0.2) is 0 Å².